The van der Waals surface area contributed by atoms with E-state index in [-0.39, 0.29) is 5.91 Å². The number of nitrogens with one attached hydrogen (secondary N) is 1. The maximum atomic E-state index is 11.5. The van der Waals surface area contributed by atoms with Gasteiger partial charge < -0.3 is 10.4 Å². The van der Waals surface area contributed by atoms with E-state index in [1.807, 2.05) is 6.92 Å². The number of thiophene rings is 1. The van der Waals surface area contributed by atoms with Crippen molar-refractivity contribution in [2.45, 2.75) is 19.9 Å². The number of carbonyl (C=O) groups is 2. The Bertz CT molecular complexity index is 383. The van der Waals surface area contributed by atoms with Crippen molar-refractivity contribution in [1.82, 2.24) is 5.32 Å². The van der Waals surface area contributed by atoms with Gasteiger partial charge in [-0.3, -0.25) is 9.59 Å². The maximum Gasteiger partial charge on any atom is 0.325 e. The Morgan fingerprint density at radius 2 is 2.20 bits per heavy atom. The molecule has 15 heavy (non-hydrogen) atoms. The van der Waals surface area contributed by atoms with Gasteiger partial charge in [-0.25, -0.2) is 0 Å². The number of carbonyl (C=O) groups excluding carboxylic acids is 1. The Balaban J connectivity index is 2.73. The van der Waals surface area contributed by atoms with Crippen molar-refractivity contribution >= 4 is 39.1 Å². The van der Waals surface area contributed by atoms with Crippen molar-refractivity contribution in [3.05, 3.63) is 20.3 Å². The normalized spacial score (nSPS) is 12.2. The molecule has 4 nitrogen and oxygen atoms in total. The number of rotatable bonds is 3. The summed E-state index contributed by atoms with van der Waals surface area (Å²) in [6.07, 6.45) is 0. The number of aliphatic carboxylic acids is 1. The number of amides is 1. The highest BCUT2D eigenvalue weighted by molar-refractivity contribution is 9.11. The third-order valence-electron chi connectivity index (χ3n) is 1.80. The van der Waals surface area contributed by atoms with Crippen LogP contribution in [-0.4, -0.2) is 23.0 Å². The van der Waals surface area contributed by atoms with E-state index in [1.165, 1.54) is 18.3 Å². The number of carboxylic acid groups (broad SMARTS) is 1. The Morgan fingerprint density at radius 3 is 2.60 bits per heavy atom. The fourth-order valence-electron chi connectivity index (χ4n) is 0.901. The van der Waals surface area contributed by atoms with Gasteiger partial charge in [0, 0.05) is 0 Å². The molecule has 0 spiro atoms. The number of halogens is 1. The summed E-state index contributed by atoms with van der Waals surface area (Å²) in [4.78, 5) is 22.6. The lowest BCUT2D eigenvalue weighted by Gasteiger charge is -2.07. The fraction of sp³-hybridized carbons (Fsp3) is 0.333. The summed E-state index contributed by atoms with van der Waals surface area (Å²) in [6.45, 7) is 3.30. The molecular weight excluding hydrogens is 282 g/mol. The van der Waals surface area contributed by atoms with Crippen molar-refractivity contribution in [3.8, 4) is 0 Å². The number of hydrogen-bond acceptors (Lipinski definition) is 3. The van der Waals surface area contributed by atoms with Gasteiger partial charge >= 0.3 is 5.97 Å². The van der Waals surface area contributed by atoms with Crippen molar-refractivity contribution < 1.29 is 14.7 Å². The van der Waals surface area contributed by atoms with Crippen LogP contribution in [0.15, 0.2) is 9.85 Å². The predicted molar refractivity (Wildman–Crippen MR) is 61.3 cm³/mol. The van der Waals surface area contributed by atoms with Crippen LogP contribution in [0.3, 0.4) is 0 Å². The second kappa shape index (κ2) is 4.76. The summed E-state index contributed by atoms with van der Waals surface area (Å²) in [5.74, 6) is -1.40. The Labute approximate surface area is 99.4 Å². The van der Waals surface area contributed by atoms with Crippen LogP contribution in [0.5, 0.6) is 0 Å². The first-order valence-electron chi connectivity index (χ1n) is 4.21. The third-order valence-corrected chi connectivity index (χ3v) is 3.93. The number of carboxylic acids is 1. The first kappa shape index (κ1) is 12.2. The molecule has 0 saturated heterocycles. The van der Waals surface area contributed by atoms with Crippen molar-refractivity contribution in [1.29, 1.82) is 0 Å². The van der Waals surface area contributed by atoms with Crippen LogP contribution in [0.4, 0.5) is 0 Å². The summed E-state index contributed by atoms with van der Waals surface area (Å²) in [5.41, 5.74) is 0.966. The first-order chi connectivity index (χ1) is 6.91. The predicted octanol–water partition coefficient (Wildman–Crippen LogP) is 2.02. The quantitative estimate of drug-likeness (QED) is 0.895. The molecule has 1 rings (SSSR count). The number of hydrogen-bond donors (Lipinski definition) is 2. The molecule has 0 aliphatic rings. The fourth-order valence-corrected chi connectivity index (χ4v) is 2.34. The number of aryl methyl sites for hydroxylation is 1. The van der Waals surface area contributed by atoms with Crippen LogP contribution < -0.4 is 5.32 Å². The topological polar surface area (TPSA) is 66.4 Å². The molecular formula is C9H10BrNO3S. The average molecular weight is 292 g/mol. The minimum Gasteiger partial charge on any atom is -0.480 e. The van der Waals surface area contributed by atoms with Gasteiger partial charge in [0.15, 0.2) is 0 Å². The second-order valence-electron chi connectivity index (χ2n) is 3.10. The molecule has 1 aromatic rings. The van der Waals surface area contributed by atoms with Crippen molar-refractivity contribution in [2.24, 2.45) is 0 Å². The van der Waals surface area contributed by atoms with Gasteiger partial charge in [-0.15, -0.1) is 11.3 Å². The molecule has 6 heteroatoms. The first-order valence-corrected chi connectivity index (χ1v) is 5.82. The lowest BCUT2D eigenvalue weighted by Crippen LogP contribution is -2.37. The Hall–Kier alpha value is -0.880. The molecule has 0 aromatic carbocycles. The molecule has 0 unspecified atom stereocenters. The van der Waals surface area contributed by atoms with E-state index in [9.17, 15) is 9.59 Å². The Kier molecular flexibility index (Phi) is 3.87. The Morgan fingerprint density at radius 1 is 1.60 bits per heavy atom. The van der Waals surface area contributed by atoms with Gasteiger partial charge in [-0.2, -0.15) is 0 Å². The lowest BCUT2D eigenvalue weighted by molar-refractivity contribution is -0.138. The SMILES string of the molecule is Cc1cc(C(=O)N[C@H](C)C(=O)O)sc1Br. The zero-order valence-electron chi connectivity index (χ0n) is 8.20. The highest BCUT2D eigenvalue weighted by Gasteiger charge is 2.17. The lowest BCUT2D eigenvalue weighted by atomic mass is 10.3. The molecule has 0 bridgehead atoms. The van der Waals surface area contributed by atoms with Gasteiger partial charge in [0.05, 0.1) is 8.66 Å². The van der Waals surface area contributed by atoms with Crippen molar-refractivity contribution in [3.63, 3.8) is 0 Å². The van der Waals surface area contributed by atoms with E-state index in [2.05, 4.69) is 21.2 Å². The highest BCUT2D eigenvalue weighted by Crippen LogP contribution is 2.27. The van der Waals surface area contributed by atoms with E-state index >= 15 is 0 Å². The molecule has 0 saturated carbocycles. The molecule has 1 aromatic heterocycles. The van der Waals surface area contributed by atoms with Crippen LogP contribution in [0.25, 0.3) is 0 Å². The molecule has 0 radical (unpaired) electrons. The standard InChI is InChI=1S/C9H10BrNO3S/c1-4-3-6(15-7(4)10)8(12)11-5(2)9(13)14/h3,5H,1-2H3,(H,11,12)(H,13,14)/t5-/m1/s1. The summed E-state index contributed by atoms with van der Waals surface area (Å²) in [5, 5.41) is 11.0. The summed E-state index contributed by atoms with van der Waals surface area (Å²) in [7, 11) is 0. The van der Waals surface area contributed by atoms with Gasteiger partial charge in [0.2, 0.25) is 0 Å². The van der Waals surface area contributed by atoms with Crippen LogP contribution in [0.2, 0.25) is 0 Å². The average Bonchev–Trinajstić information content (AvgIpc) is 2.46. The van der Waals surface area contributed by atoms with Crippen LogP contribution >= 0.6 is 27.3 Å². The summed E-state index contributed by atoms with van der Waals surface area (Å²) >= 11 is 4.59. The molecule has 0 aliphatic carbocycles. The molecule has 0 fully saturated rings. The monoisotopic (exact) mass is 291 g/mol. The van der Waals surface area contributed by atoms with Crippen LogP contribution in [0, 0.1) is 6.92 Å². The van der Waals surface area contributed by atoms with Gasteiger partial charge in [-0.05, 0) is 41.4 Å². The zero-order chi connectivity index (χ0) is 11.6. The maximum absolute atomic E-state index is 11.5. The van der Waals surface area contributed by atoms with Crippen LogP contribution in [-0.2, 0) is 4.79 Å². The molecule has 1 amide bonds. The van der Waals surface area contributed by atoms with E-state index in [0.717, 1.165) is 9.35 Å². The highest BCUT2D eigenvalue weighted by atomic mass is 79.9. The van der Waals surface area contributed by atoms with E-state index in [4.69, 9.17) is 5.11 Å². The van der Waals surface area contributed by atoms with Gasteiger partial charge in [0.25, 0.3) is 5.91 Å². The summed E-state index contributed by atoms with van der Waals surface area (Å²) in [6, 6.07) is 0.845. The van der Waals surface area contributed by atoms with E-state index in [0.29, 0.717) is 4.88 Å². The third kappa shape index (κ3) is 3.04. The van der Waals surface area contributed by atoms with E-state index < -0.39 is 12.0 Å². The second-order valence-corrected chi connectivity index (χ2v) is 5.47. The molecule has 1 heterocycles. The minimum absolute atomic E-state index is 0.358. The molecule has 1 atom stereocenters. The molecule has 82 valence electrons. The summed E-state index contributed by atoms with van der Waals surface area (Å²) < 4.78 is 0.885. The zero-order valence-corrected chi connectivity index (χ0v) is 10.6. The van der Waals surface area contributed by atoms with Gasteiger partial charge in [0.1, 0.15) is 6.04 Å². The smallest absolute Gasteiger partial charge is 0.325 e. The molecule has 2 N–H and O–H groups in total. The minimum atomic E-state index is -1.05. The van der Waals surface area contributed by atoms with Gasteiger partial charge in [-0.1, -0.05) is 0 Å². The largest absolute Gasteiger partial charge is 0.480 e. The van der Waals surface area contributed by atoms with E-state index in [1.54, 1.807) is 6.07 Å². The van der Waals surface area contributed by atoms with Crippen molar-refractivity contribution in [2.75, 3.05) is 0 Å². The molecule has 0 aliphatic heterocycles. The van der Waals surface area contributed by atoms with Crippen LogP contribution in [0.1, 0.15) is 22.2 Å².